The van der Waals surface area contributed by atoms with Gasteiger partial charge >= 0.3 is 0 Å². The van der Waals surface area contributed by atoms with Crippen LogP contribution in [0.15, 0.2) is 53.1 Å². The topological polar surface area (TPSA) is 78.3 Å². The zero-order valence-corrected chi connectivity index (χ0v) is 12.9. The summed E-state index contributed by atoms with van der Waals surface area (Å²) in [6.45, 7) is 0.159. The molecule has 116 valence electrons. The number of aromatic amines is 1. The molecule has 1 amide bonds. The molecule has 1 atom stereocenters. The number of aromatic nitrogens is 1. The molecule has 0 saturated carbocycles. The third-order valence-corrected chi connectivity index (χ3v) is 4.93. The van der Waals surface area contributed by atoms with Crippen LogP contribution in [0.4, 0.5) is 0 Å². The van der Waals surface area contributed by atoms with Gasteiger partial charge in [0.15, 0.2) is 5.58 Å². The van der Waals surface area contributed by atoms with Crippen molar-refractivity contribution in [2.75, 3.05) is 6.54 Å². The molecule has 3 heterocycles. The van der Waals surface area contributed by atoms with E-state index in [1.165, 1.54) is 11.3 Å². The van der Waals surface area contributed by atoms with Crippen LogP contribution in [-0.4, -0.2) is 22.5 Å². The van der Waals surface area contributed by atoms with Crippen molar-refractivity contribution >= 4 is 38.4 Å². The van der Waals surface area contributed by atoms with Crippen molar-refractivity contribution < 1.29 is 14.3 Å². The molecule has 1 unspecified atom stereocenters. The Labute approximate surface area is 135 Å². The van der Waals surface area contributed by atoms with Crippen LogP contribution in [0.3, 0.4) is 0 Å². The van der Waals surface area contributed by atoms with E-state index < -0.39 is 6.10 Å². The molecular weight excluding hydrogens is 312 g/mol. The fraction of sp³-hybridized carbons (Fsp3) is 0.118. The van der Waals surface area contributed by atoms with Crippen LogP contribution in [0, 0.1) is 0 Å². The van der Waals surface area contributed by atoms with Gasteiger partial charge < -0.3 is 19.8 Å². The van der Waals surface area contributed by atoms with Gasteiger partial charge in [0.2, 0.25) is 0 Å². The summed E-state index contributed by atoms with van der Waals surface area (Å²) >= 11 is 1.53. The lowest BCUT2D eigenvalue weighted by atomic mass is 10.2. The normalized spacial score (nSPS) is 12.7. The lowest BCUT2D eigenvalue weighted by molar-refractivity contribution is 0.0914. The molecule has 0 aliphatic heterocycles. The van der Waals surface area contributed by atoms with Crippen LogP contribution < -0.4 is 5.32 Å². The van der Waals surface area contributed by atoms with E-state index in [4.69, 9.17) is 4.42 Å². The molecule has 3 N–H and O–H groups in total. The third-order valence-electron chi connectivity index (χ3n) is 3.71. The van der Waals surface area contributed by atoms with Gasteiger partial charge in [-0.15, -0.1) is 11.3 Å². The molecule has 4 rings (SSSR count). The molecule has 5 nitrogen and oxygen atoms in total. The molecule has 3 aromatic heterocycles. The number of rotatable bonds is 4. The molecule has 0 saturated heterocycles. The van der Waals surface area contributed by atoms with Gasteiger partial charge in [-0.25, -0.2) is 0 Å². The second-order valence-electron chi connectivity index (χ2n) is 5.29. The minimum atomic E-state index is -0.727. The number of H-pyrrole nitrogens is 1. The summed E-state index contributed by atoms with van der Waals surface area (Å²) in [6, 6.07) is 13.3. The second-order valence-corrected chi connectivity index (χ2v) is 6.41. The lowest BCUT2D eigenvalue weighted by Gasteiger charge is -2.09. The van der Waals surface area contributed by atoms with Gasteiger partial charge in [-0.2, -0.15) is 0 Å². The van der Waals surface area contributed by atoms with Crippen LogP contribution in [0.5, 0.6) is 0 Å². The number of carbonyl (C=O) groups excluding carboxylic acids is 1. The first kappa shape index (κ1) is 14.0. The fourth-order valence-corrected chi connectivity index (χ4v) is 3.57. The summed E-state index contributed by atoms with van der Waals surface area (Å²) in [5.74, 6) is -0.267. The largest absolute Gasteiger partial charge is 0.463 e. The van der Waals surface area contributed by atoms with Gasteiger partial charge in [0.25, 0.3) is 5.91 Å². The van der Waals surface area contributed by atoms with Crippen LogP contribution in [-0.2, 0) is 0 Å². The molecule has 23 heavy (non-hydrogen) atoms. The predicted octanol–water partition coefficient (Wildman–Crippen LogP) is 3.44. The maximum absolute atomic E-state index is 12.1. The number of amides is 1. The number of aliphatic hydroxyl groups is 1. The Hall–Kier alpha value is -2.57. The summed E-state index contributed by atoms with van der Waals surface area (Å²) in [6.07, 6.45) is 0.836. The van der Waals surface area contributed by atoms with Crippen molar-refractivity contribution in [2.24, 2.45) is 0 Å². The van der Waals surface area contributed by atoms with Gasteiger partial charge in [0.1, 0.15) is 11.8 Å². The molecule has 0 radical (unpaired) electrons. The molecule has 0 bridgehead atoms. The SMILES string of the molecule is O=C(NCC(O)c1cc2ccccc2s1)c1cc2occc2[nH]1. The van der Waals surface area contributed by atoms with Gasteiger partial charge in [-0.3, -0.25) is 4.79 Å². The van der Waals surface area contributed by atoms with E-state index in [-0.39, 0.29) is 12.5 Å². The number of thiophene rings is 1. The van der Waals surface area contributed by atoms with E-state index in [1.54, 1.807) is 18.4 Å². The maximum Gasteiger partial charge on any atom is 0.267 e. The average molecular weight is 326 g/mol. The van der Waals surface area contributed by atoms with Crippen LogP contribution >= 0.6 is 11.3 Å². The molecule has 0 fully saturated rings. The van der Waals surface area contributed by atoms with E-state index in [9.17, 15) is 9.90 Å². The summed E-state index contributed by atoms with van der Waals surface area (Å²) < 4.78 is 6.34. The Bertz CT molecular complexity index is 920. The number of carbonyl (C=O) groups is 1. The van der Waals surface area contributed by atoms with E-state index >= 15 is 0 Å². The van der Waals surface area contributed by atoms with E-state index in [0.717, 1.165) is 20.5 Å². The van der Waals surface area contributed by atoms with Gasteiger partial charge in [-0.05, 0) is 17.5 Å². The van der Waals surface area contributed by atoms with Gasteiger partial charge in [-0.1, -0.05) is 18.2 Å². The number of hydrogen-bond donors (Lipinski definition) is 3. The van der Waals surface area contributed by atoms with E-state index in [1.807, 2.05) is 30.3 Å². The highest BCUT2D eigenvalue weighted by atomic mass is 32.1. The summed E-state index contributed by atoms with van der Waals surface area (Å²) in [7, 11) is 0. The lowest BCUT2D eigenvalue weighted by Crippen LogP contribution is -2.28. The molecule has 1 aromatic carbocycles. The fourth-order valence-electron chi connectivity index (χ4n) is 2.52. The quantitative estimate of drug-likeness (QED) is 0.537. The van der Waals surface area contributed by atoms with Gasteiger partial charge in [0, 0.05) is 28.3 Å². The van der Waals surface area contributed by atoms with E-state index in [2.05, 4.69) is 10.3 Å². The van der Waals surface area contributed by atoms with Crippen molar-refractivity contribution in [1.29, 1.82) is 0 Å². The summed E-state index contributed by atoms with van der Waals surface area (Å²) in [5, 5.41) is 14.1. The zero-order chi connectivity index (χ0) is 15.8. The van der Waals surface area contributed by atoms with Crippen LogP contribution in [0.2, 0.25) is 0 Å². The summed E-state index contributed by atoms with van der Waals surface area (Å²) in [5.41, 5.74) is 1.84. The molecule has 0 aliphatic rings. The van der Waals surface area contributed by atoms with Crippen molar-refractivity contribution in [3.05, 3.63) is 59.3 Å². The Morgan fingerprint density at radius 3 is 3.00 bits per heavy atom. The first-order chi connectivity index (χ1) is 11.2. The van der Waals surface area contributed by atoms with Gasteiger partial charge in [0.05, 0.1) is 11.8 Å². The summed E-state index contributed by atoms with van der Waals surface area (Å²) in [4.78, 5) is 15.9. The van der Waals surface area contributed by atoms with Crippen molar-refractivity contribution in [2.45, 2.75) is 6.10 Å². The Morgan fingerprint density at radius 1 is 1.30 bits per heavy atom. The number of fused-ring (bicyclic) bond motifs is 2. The number of aliphatic hydroxyl groups excluding tert-OH is 1. The highest BCUT2D eigenvalue weighted by Crippen LogP contribution is 2.29. The van der Waals surface area contributed by atoms with Crippen LogP contribution in [0.25, 0.3) is 21.2 Å². The Morgan fingerprint density at radius 2 is 2.17 bits per heavy atom. The zero-order valence-electron chi connectivity index (χ0n) is 12.1. The van der Waals surface area contributed by atoms with E-state index in [0.29, 0.717) is 11.3 Å². The smallest absolute Gasteiger partial charge is 0.267 e. The first-order valence-electron chi connectivity index (χ1n) is 7.21. The standard InChI is InChI=1S/C17H14N2O3S/c20-13(16-7-10-3-1-2-4-15(10)23-16)9-18-17(21)12-8-14-11(19-12)5-6-22-14/h1-8,13,19-20H,9H2,(H,18,21). The Balaban J connectivity index is 1.45. The molecule has 4 aromatic rings. The number of furan rings is 1. The number of nitrogens with one attached hydrogen (secondary N) is 2. The highest BCUT2D eigenvalue weighted by molar-refractivity contribution is 7.19. The van der Waals surface area contributed by atoms with Crippen LogP contribution in [0.1, 0.15) is 21.5 Å². The Kier molecular flexibility index (Phi) is 3.40. The molecule has 6 heteroatoms. The minimum Gasteiger partial charge on any atom is -0.463 e. The number of benzene rings is 1. The van der Waals surface area contributed by atoms with Crippen molar-refractivity contribution in [3.63, 3.8) is 0 Å². The minimum absolute atomic E-state index is 0.159. The maximum atomic E-state index is 12.1. The molecule has 0 aliphatic carbocycles. The van der Waals surface area contributed by atoms with Crippen molar-refractivity contribution in [3.8, 4) is 0 Å². The second kappa shape index (κ2) is 5.57. The number of hydrogen-bond acceptors (Lipinski definition) is 4. The van der Waals surface area contributed by atoms with Crippen molar-refractivity contribution in [1.82, 2.24) is 10.3 Å². The predicted molar refractivity (Wildman–Crippen MR) is 89.7 cm³/mol. The molecule has 0 spiro atoms. The third kappa shape index (κ3) is 2.62. The highest BCUT2D eigenvalue weighted by Gasteiger charge is 2.15. The monoisotopic (exact) mass is 326 g/mol. The molecular formula is C17H14N2O3S. The first-order valence-corrected chi connectivity index (χ1v) is 8.03. The average Bonchev–Trinajstić information content (AvgIpc) is 3.24.